The van der Waals surface area contributed by atoms with Crippen LogP contribution >= 0.6 is 11.3 Å². The Kier molecular flexibility index (Phi) is 5.22. The molecule has 1 aromatic heterocycles. The van der Waals surface area contributed by atoms with E-state index in [0.29, 0.717) is 0 Å². The zero-order valence-corrected chi connectivity index (χ0v) is 13.4. The third kappa shape index (κ3) is 5.11. The number of anilines is 1. The lowest BCUT2D eigenvalue weighted by Gasteiger charge is -2.24. The van der Waals surface area contributed by atoms with Crippen LogP contribution in [0.3, 0.4) is 0 Å². The van der Waals surface area contributed by atoms with Gasteiger partial charge in [0.1, 0.15) is 0 Å². The van der Waals surface area contributed by atoms with E-state index < -0.39 is 0 Å². The Bertz CT molecular complexity index is 373. The summed E-state index contributed by atoms with van der Waals surface area (Å²) >= 11 is 1.85. The number of nitrogens with zero attached hydrogens (tertiary/aromatic N) is 2. The molecular weight excluding hydrogens is 254 g/mol. The zero-order valence-electron chi connectivity index (χ0n) is 12.5. The number of hydrogen-bond acceptors (Lipinski definition) is 4. The van der Waals surface area contributed by atoms with Crippen LogP contribution in [0.4, 0.5) is 5.13 Å². The van der Waals surface area contributed by atoms with Crippen molar-refractivity contribution in [1.82, 2.24) is 10.3 Å². The van der Waals surface area contributed by atoms with E-state index in [1.807, 2.05) is 17.5 Å². The highest BCUT2D eigenvalue weighted by atomic mass is 32.1. The minimum Gasteiger partial charge on any atom is -0.348 e. The maximum Gasteiger partial charge on any atom is 0.185 e. The molecule has 0 amide bonds. The third-order valence-electron chi connectivity index (χ3n) is 3.46. The molecule has 1 fully saturated rings. The smallest absolute Gasteiger partial charge is 0.185 e. The second-order valence-electron chi connectivity index (χ2n) is 6.47. The second-order valence-corrected chi connectivity index (χ2v) is 7.56. The molecule has 0 aromatic carbocycles. The number of thiazole rings is 1. The molecule has 3 nitrogen and oxygen atoms in total. The molecule has 1 aromatic rings. The standard InChI is InChI=1S/C15H27N3S/c1-15(2,3)17-12-13-11-16-14(19-13)18-9-7-5-4-6-8-10-18/h11,17H,4-10,12H2,1-3H3. The van der Waals surface area contributed by atoms with Crippen molar-refractivity contribution in [2.75, 3.05) is 18.0 Å². The fraction of sp³-hybridized carbons (Fsp3) is 0.800. The largest absolute Gasteiger partial charge is 0.348 e. The number of rotatable bonds is 3. The van der Waals surface area contributed by atoms with Gasteiger partial charge in [0.05, 0.1) is 0 Å². The maximum atomic E-state index is 4.62. The van der Waals surface area contributed by atoms with Gasteiger partial charge in [0.25, 0.3) is 0 Å². The Morgan fingerprint density at radius 3 is 2.42 bits per heavy atom. The van der Waals surface area contributed by atoms with Crippen LogP contribution in [0.5, 0.6) is 0 Å². The molecule has 1 aliphatic rings. The molecule has 4 heteroatoms. The molecule has 19 heavy (non-hydrogen) atoms. The average molecular weight is 281 g/mol. The number of aromatic nitrogens is 1. The van der Waals surface area contributed by atoms with Crippen molar-refractivity contribution in [3.05, 3.63) is 11.1 Å². The van der Waals surface area contributed by atoms with E-state index in [1.165, 1.54) is 55.2 Å². The first-order valence-corrected chi connectivity index (χ1v) is 8.31. The number of nitrogens with one attached hydrogen (secondary N) is 1. The summed E-state index contributed by atoms with van der Waals surface area (Å²) in [6, 6.07) is 0. The second kappa shape index (κ2) is 6.71. The average Bonchev–Trinajstić information content (AvgIpc) is 2.73. The summed E-state index contributed by atoms with van der Waals surface area (Å²) in [6.45, 7) is 9.89. The Morgan fingerprint density at radius 2 is 1.79 bits per heavy atom. The molecule has 2 heterocycles. The molecule has 1 N–H and O–H groups in total. The van der Waals surface area contributed by atoms with E-state index in [0.717, 1.165) is 6.54 Å². The third-order valence-corrected chi connectivity index (χ3v) is 4.52. The van der Waals surface area contributed by atoms with Gasteiger partial charge in [-0.3, -0.25) is 0 Å². The molecule has 0 radical (unpaired) electrons. The van der Waals surface area contributed by atoms with Crippen molar-refractivity contribution < 1.29 is 0 Å². The lowest BCUT2D eigenvalue weighted by molar-refractivity contribution is 0.426. The van der Waals surface area contributed by atoms with E-state index in [-0.39, 0.29) is 5.54 Å². The molecule has 0 unspecified atom stereocenters. The van der Waals surface area contributed by atoms with Crippen LogP contribution in [0.15, 0.2) is 6.20 Å². The maximum absolute atomic E-state index is 4.62. The molecule has 0 saturated carbocycles. The summed E-state index contributed by atoms with van der Waals surface area (Å²) in [5.74, 6) is 0. The fourth-order valence-electron chi connectivity index (χ4n) is 2.32. The molecule has 0 spiro atoms. The van der Waals surface area contributed by atoms with Crippen molar-refractivity contribution in [2.24, 2.45) is 0 Å². The molecule has 108 valence electrons. The van der Waals surface area contributed by atoms with Crippen LogP contribution in [0.25, 0.3) is 0 Å². The van der Waals surface area contributed by atoms with Crippen molar-refractivity contribution in [3.8, 4) is 0 Å². The Morgan fingerprint density at radius 1 is 1.16 bits per heavy atom. The van der Waals surface area contributed by atoms with Crippen LogP contribution in [-0.4, -0.2) is 23.6 Å². The van der Waals surface area contributed by atoms with Crippen LogP contribution in [0.1, 0.15) is 57.8 Å². The molecule has 0 aliphatic carbocycles. The van der Waals surface area contributed by atoms with Crippen molar-refractivity contribution in [1.29, 1.82) is 0 Å². The lowest BCUT2D eigenvalue weighted by atomic mass is 10.1. The van der Waals surface area contributed by atoms with Crippen LogP contribution in [0.2, 0.25) is 0 Å². The summed E-state index contributed by atoms with van der Waals surface area (Å²) < 4.78 is 0. The first-order chi connectivity index (χ1) is 9.04. The van der Waals surface area contributed by atoms with Gasteiger partial charge in [-0.05, 0) is 33.6 Å². The Hall–Kier alpha value is -0.610. The van der Waals surface area contributed by atoms with E-state index in [9.17, 15) is 0 Å². The number of hydrogen-bond donors (Lipinski definition) is 1. The Balaban J connectivity index is 1.91. The van der Waals surface area contributed by atoms with Gasteiger partial charge < -0.3 is 10.2 Å². The van der Waals surface area contributed by atoms with Gasteiger partial charge in [0.2, 0.25) is 0 Å². The Labute approximate surface area is 121 Å². The topological polar surface area (TPSA) is 28.2 Å². The van der Waals surface area contributed by atoms with Gasteiger partial charge in [0.15, 0.2) is 5.13 Å². The highest BCUT2D eigenvalue weighted by Gasteiger charge is 2.14. The van der Waals surface area contributed by atoms with Crippen molar-refractivity contribution in [3.63, 3.8) is 0 Å². The van der Waals surface area contributed by atoms with Gasteiger partial charge in [-0.2, -0.15) is 0 Å². The summed E-state index contributed by atoms with van der Waals surface area (Å²) in [5.41, 5.74) is 0.171. The quantitative estimate of drug-likeness (QED) is 0.913. The van der Waals surface area contributed by atoms with E-state index >= 15 is 0 Å². The zero-order chi connectivity index (χ0) is 13.7. The van der Waals surface area contributed by atoms with Crippen LogP contribution < -0.4 is 10.2 Å². The van der Waals surface area contributed by atoms with Gasteiger partial charge in [0, 0.05) is 36.2 Å². The van der Waals surface area contributed by atoms with Crippen LogP contribution in [0, 0.1) is 0 Å². The lowest BCUT2D eigenvalue weighted by Crippen LogP contribution is -2.34. The minimum absolute atomic E-state index is 0.171. The molecule has 0 atom stereocenters. The first kappa shape index (κ1) is 14.8. The molecule has 2 rings (SSSR count). The molecule has 1 aliphatic heterocycles. The predicted octanol–water partition coefficient (Wildman–Crippen LogP) is 3.80. The van der Waals surface area contributed by atoms with Crippen molar-refractivity contribution >= 4 is 16.5 Å². The first-order valence-electron chi connectivity index (χ1n) is 7.49. The molecular formula is C15H27N3S. The van der Waals surface area contributed by atoms with Gasteiger partial charge in [-0.25, -0.2) is 4.98 Å². The van der Waals surface area contributed by atoms with E-state index in [2.05, 4.69) is 36.0 Å². The van der Waals surface area contributed by atoms with E-state index in [4.69, 9.17) is 0 Å². The SMILES string of the molecule is CC(C)(C)NCc1cnc(N2CCCCCCC2)s1. The summed E-state index contributed by atoms with van der Waals surface area (Å²) in [7, 11) is 0. The fourth-order valence-corrected chi connectivity index (χ4v) is 3.22. The van der Waals surface area contributed by atoms with Gasteiger partial charge in [-0.1, -0.05) is 19.3 Å². The summed E-state index contributed by atoms with van der Waals surface area (Å²) in [4.78, 5) is 8.43. The monoisotopic (exact) mass is 281 g/mol. The summed E-state index contributed by atoms with van der Waals surface area (Å²) in [6.07, 6.45) is 8.83. The highest BCUT2D eigenvalue weighted by Crippen LogP contribution is 2.25. The van der Waals surface area contributed by atoms with Crippen LogP contribution in [-0.2, 0) is 6.54 Å². The predicted molar refractivity (Wildman–Crippen MR) is 84.0 cm³/mol. The normalized spacial score (nSPS) is 18.2. The highest BCUT2D eigenvalue weighted by molar-refractivity contribution is 7.15. The van der Waals surface area contributed by atoms with Crippen molar-refractivity contribution in [2.45, 2.75) is 65.0 Å². The molecule has 0 bridgehead atoms. The summed E-state index contributed by atoms with van der Waals surface area (Å²) in [5, 5.41) is 4.74. The van der Waals surface area contributed by atoms with Gasteiger partial charge in [-0.15, -0.1) is 11.3 Å². The minimum atomic E-state index is 0.171. The van der Waals surface area contributed by atoms with Gasteiger partial charge >= 0.3 is 0 Å². The molecule has 1 saturated heterocycles. The van der Waals surface area contributed by atoms with E-state index in [1.54, 1.807) is 0 Å².